The summed E-state index contributed by atoms with van der Waals surface area (Å²) in [4.78, 5) is 33.6. The molecule has 0 aromatic heterocycles. The molecule has 0 radical (unpaired) electrons. The molecule has 7 nitrogen and oxygen atoms in total. The third-order valence-electron chi connectivity index (χ3n) is 7.34. The molecule has 1 heterocycles. The summed E-state index contributed by atoms with van der Waals surface area (Å²) < 4.78 is 0. The van der Waals surface area contributed by atoms with E-state index >= 15 is 0 Å². The molecule has 2 amide bonds. The van der Waals surface area contributed by atoms with Gasteiger partial charge in [0.15, 0.2) is 0 Å². The van der Waals surface area contributed by atoms with Gasteiger partial charge in [-0.25, -0.2) is 0 Å². The molecule has 3 saturated carbocycles. The zero-order valence-corrected chi connectivity index (χ0v) is 17.5. The van der Waals surface area contributed by atoms with Gasteiger partial charge in [0.2, 0.25) is 11.8 Å². The molecule has 2 N–H and O–H groups in total. The Bertz CT molecular complexity index is 672. The highest BCUT2D eigenvalue weighted by atomic mass is 16.6. The maximum atomic E-state index is 13.4. The van der Waals surface area contributed by atoms with E-state index in [9.17, 15) is 19.8 Å². The van der Waals surface area contributed by atoms with E-state index in [-0.39, 0.29) is 36.1 Å². The number of nitrogens with zero attached hydrogens (tertiary/aromatic N) is 2. The van der Waals surface area contributed by atoms with Gasteiger partial charge in [-0.2, -0.15) is 0 Å². The predicted molar refractivity (Wildman–Crippen MR) is 107 cm³/mol. The van der Waals surface area contributed by atoms with Gasteiger partial charge >= 0.3 is 0 Å². The van der Waals surface area contributed by atoms with Crippen LogP contribution in [-0.4, -0.2) is 57.5 Å². The summed E-state index contributed by atoms with van der Waals surface area (Å²) >= 11 is 0. The third kappa shape index (κ3) is 3.72. The van der Waals surface area contributed by atoms with E-state index in [1.54, 1.807) is 0 Å². The van der Waals surface area contributed by atoms with Gasteiger partial charge in [0.1, 0.15) is 6.61 Å². The second-order valence-electron chi connectivity index (χ2n) is 9.77. The van der Waals surface area contributed by atoms with E-state index in [4.69, 9.17) is 4.84 Å². The van der Waals surface area contributed by atoms with Crippen LogP contribution < -0.4 is 0 Å². The molecule has 29 heavy (non-hydrogen) atoms. The zero-order valence-electron chi connectivity index (χ0n) is 17.5. The van der Waals surface area contributed by atoms with E-state index in [2.05, 4.69) is 5.16 Å². The Kier molecular flexibility index (Phi) is 5.98. The van der Waals surface area contributed by atoms with Crippen molar-refractivity contribution >= 4 is 17.5 Å². The molecule has 4 rings (SSSR count). The van der Waals surface area contributed by atoms with Crippen LogP contribution in [0.15, 0.2) is 5.16 Å². The van der Waals surface area contributed by atoms with Crippen LogP contribution in [-0.2, 0) is 14.4 Å². The van der Waals surface area contributed by atoms with Crippen LogP contribution in [0.4, 0.5) is 0 Å². The molecular weight excluding hydrogens is 372 g/mol. The maximum absolute atomic E-state index is 13.4. The number of fused-ring (bicyclic) bond motifs is 3. The standard InChI is InChI=1S/C22H34N2O5/c1-12(2)11-29-23-16-10-17(25)20(26)18-14(16)8-9-15-19(18)22(28)24(21(15)27)13-6-4-3-5-7-13/h12-15,17-20,25-26H,3-11H2,1-2H3/b23-16+/t14-,15+,17+,18-,19+,20+/m0/s1. The Morgan fingerprint density at radius 3 is 2.41 bits per heavy atom. The molecule has 0 spiro atoms. The van der Waals surface area contributed by atoms with Gasteiger partial charge in [0, 0.05) is 24.3 Å². The number of likely N-dealkylation sites (tertiary alicyclic amines) is 1. The molecule has 1 aliphatic heterocycles. The molecule has 4 fully saturated rings. The first-order valence-electron chi connectivity index (χ1n) is 11.3. The number of hydrogen-bond donors (Lipinski definition) is 2. The maximum Gasteiger partial charge on any atom is 0.233 e. The van der Waals surface area contributed by atoms with Crippen molar-refractivity contribution in [1.29, 1.82) is 0 Å². The first-order valence-corrected chi connectivity index (χ1v) is 11.3. The second-order valence-corrected chi connectivity index (χ2v) is 9.77. The summed E-state index contributed by atoms with van der Waals surface area (Å²) in [6.07, 6.45) is 4.60. The molecule has 0 unspecified atom stereocenters. The lowest BCUT2D eigenvalue weighted by Gasteiger charge is -2.45. The largest absolute Gasteiger partial charge is 0.396 e. The highest BCUT2D eigenvalue weighted by molar-refractivity contribution is 6.06. The minimum Gasteiger partial charge on any atom is -0.396 e. The predicted octanol–water partition coefficient (Wildman–Crippen LogP) is 2.10. The van der Waals surface area contributed by atoms with Crippen molar-refractivity contribution in [3.8, 4) is 0 Å². The van der Waals surface area contributed by atoms with Crippen LogP contribution in [0.5, 0.6) is 0 Å². The van der Waals surface area contributed by atoms with Gasteiger partial charge in [0.25, 0.3) is 0 Å². The molecule has 6 atom stereocenters. The monoisotopic (exact) mass is 406 g/mol. The Morgan fingerprint density at radius 1 is 1.03 bits per heavy atom. The fourth-order valence-electron chi connectivity index (χ4n) is 5.97. The molecule has 7 heteroatoms. The van der Waals surface area contributed by atoms with Crippen LogP contribution in [0.25, 0.3) is 0 Å². The smallest absolute Gasteiger partial charge is 0.233 e. The van der Waals surface area contributed by atoms with E-state index in [1.807, 2.05) is 13.8 Å². The second kappa shape index (κ2) is 8.34. The Morgan fingerprint density at radius 2 is 1.72 bits per heavy atom. The fourth-order valence-corrected chi connectivity index (χ4v) is 5.97. The number of oxime groups is 1. The summed E-state index contributed by atoms with van der Waals surface area (Å²) in [7, 11) is 0. The number of aliphatic hydroxyl groups excluding tert-OH is 2. The molecule has 0 bridgehead atoms. The van der Waals surface area contributed by atoms with Gasteiger partial charge in [-0.05, 0) is 31.6 Å². The van der Waals surface area contributed by atoms with Gasteiger partial charge < -0.3 is 15.1 Å². The highest BCUT2D eigenvalue weighted by Gasteiger charge is 2.60. The Balaban J connectivity index is 1.59. The molecule has 0 aromatic carbocycles. The van der Waals surface area contributed by atoms with E-state index in [0.29, 0.717) is 25.4 Å². The minimum atomic E-state index is -1.01. The highest BCUT2D eigenvalue weighted by Crippen LogP contribution is 2.50. The van der Waals surface area contributed by atoms with Crippen LogP contribution in [0.1, 0.15) is 65.2 Å². The average Bonchev–Trinajstić information content (AvgIpc) is 2.96. The number of carbonyl (C=O) groups excluding carboxylic acids is 2. The van der Waals surface area contributed by atoms with Crippen molar-refractivity contribution in [3.05, 3.63) is 0 Å². The zero-order chi connectivity index (χ0) is 20.7. The lowest BCUT2D eigenvalue weighted by atomic mass is 9.60. The molecule has 162 valence electrons. The summed E-state index contributed by atoms with van der Waals surface area (Å²) in [6.45, 7) is 4.56. The summed E-state index contributed by atoms with van der Waals surface area (Å²) in [6, 6.07) is 0.000898. The third-order valence-corrected chi connectivity index (χ3v) is 7.34. The number of carbonyl (C=O) groups is 2. The van der Waals surface area contributed by atoms with Crippen molar-refractivity contribution in [1.82, 2.24) is 4.90 Å². The molecule has 1 saturated heterocycles. The number of amides is 2. The summed E-state index contributed by atoms with van der Waals surface area (Å²) in [5, 5.41) is 25.6. The number of hydrogen-bond acceptors (Lipinski definition) is 6. The first-order chi connectivity index (χ1) is 13.9. The topological polar surface area (TPSA) is 99.4 Å². The number of rotatable bonds is 4. The van der Waals surface area contributed by atoms with Crippen molar-refractivity contribution < 1.29 is 24.6 Å². The van der Waals surface area contributed by atoms with Crippen molar-refractivity contribution in [2.45, 2.75) is 83.5 Å². The van der Waals surface area contributed by atoms with Gasteiger partial charge in [0.05, 0.1) is 29.8 Å². The molecule has 0 aromatic rings. The number of imide groups is 1. The quantitative estimate of drug-likeness (QED) is 0.550. The van der Waals surface area contributed by atoms with Crippen molar-refractivity contribution in [2.24, 2.45) is 34.7 Å². The van der Waals surface area contributed by atoms with Crippen LogP contribution in [0, 0.1) is 29.6 Å². The normalized spacial score (nSPS) is 39.8. The summed E-state index contributed by atoms with van der Waals surface area (Å²) in [5.74, 6) is -1.38. The van der Waals surface area contributed by atoms with Crippen LogP contribution in [0.3, 0.4) is 0 Å². The van der Waals surface area contributed by atoms with Crippen molar-refractivity contribution in [3.63, 3.8) is 0 Å². The van der Waals surface area contributed by atoms with Crippen molar-refractivity contribution in [2.75, 3.05) is 6.61 Å². The van der Waals surface area contributed by atoms with Gasteiger partial charge in [-0.15, -0.1) is 0 Å². The SMILES string of the molecule is CC(C)CO/N=C1\C[C@@H](O)[C@@H](O)[C@@H]2[C@@H]3C(=O)N(C4CCCCC4)C(=O)[C@@H]3CC[C@@H]12. The van der Waals surface area contributed by atoms with E-state index < -0.39 is 24.0 Å². The lowest BCUT2D eigenvalue weighted by molar-refractivity contribution is -0.145. The van der Waals surface area contributed by atoms with E-state index in [1.165, 1.54) is 4.90 Å². The van der Waals surface area contributed by atoms with Crippen LogP contribution >= 0.6 is 0 Å². The Labute approximate surface area is 172 Å². The fraction of sp³-hybridized carbons (Fsp3) is 0.864. The minimum absolute atomic E-state index is 0.000898. The van der Waals surface area contributed by atoms with Crippen LogP contribution in [0.2, 0.25) is 0 Å². The molecule has 4 aliphatic rings. The van der Waals surface area contributed by atoms with Gasteiger partial charge in [-0.1, -0.05) is 38.3 Å². The summed E-state index contributed by atoms with van der Waals surface area (Å²) in [5.41, 5.74) is 0.725. The number of aliphatic hydroxyl groups is 2. The first kappa shape index (κ1) is 20.8. The Hall–Kier alpha value is -1.47. The molecule has 3 aliphatic carbocycles. The lowest BCUT2D eigenvalue weighted by Crippen LogP contribution is -2.54. The van der Waals surface area contributed by atoms with Gasteiger partial charge in [-0.3, -0.25) is 14.5 Å². The average molecular weight is 407 g/mol. The molecular formula is C22H34N2O5. The van der Waals surface area contributed by atoms with E-state index in [0.717, 1.165) is 37.8 Å².